The summed E-state index contributed by atoms with van der Waals surface area (Å²) in [7, 11) is 0. The zero-order chi connectivity index (χ0) is 23.7. The minimum atomic E-state index is -0.617. The van der Waals surface area contributed by atoms with Crippen molar-refractivity contribution < 1.29 is 9.59 Å². The van der Waals surface area contributed by atoms with Gasteiger partial charge in [0.2, 0.25) is 5.91 Å². The van der Waals surface area contributed by atoms with Crippen molar-refractivity contribution in [2.75, 3.05) is 32.7 Å². The summed E-state index contributed by atoms with van der Waals surface area (Å²) in [6.45, 7) is 6.18. The molecule has 3 heterocycles. The van der Waals surface area contributed by atoms with E-state index in [0.717, 1.165) is 26.1 Å². The molecule has 2 aromatic carbocycles. The van der Waals surface area contributed by atoms with Crippen molar-refractivity contribution in [1.29, 1.82) is 0 Å². The van der Waals surface area contributed by atoms with E-state index in [2.05, 4.69) is 56.2 Å². The van der Waals surface area contributed by atoms with E-state index in [1.54, 1.807) is 19.1 Å². The highest BCUT2D eigenvalue weighted by Gasteiger charge is 2.42. The summed E-state index contributed by atoms with van der Waals surface area (Å²) < 4.78 is 0. The van der Waals surface area contributed by atoms with Crippen LogP contribution in [0.5, 0.6) is 0 Å². The predicted molar refractivity (Wildman–Crippen MR) is 127 cm³/mol. The number of hydrogen-bond acceptors (Lipinski definition) is 6. The summed E-state index contributed by atoms with van der Waals surface area (Å²) in [6.07, 6.45) is 3.28. The molecule has 34 heavy (non-hydrogen) atoms. The topological polar surface area (TPSA) is 121 Å². The van der Waals surface area contributed by atoms with E-state index in [4.69, 9.17) is 5.73 Å². The summed E-state index contributed by atoms with van der Waals surface area (Å²) in [5.41, 5.74) is 8.77. The molecule has 2 saturated heterocycles. The van der Waals surface area contributed by atoms with E-state index in [1.165, 1.54) is 5.56 Å². The van der Waals surface area contributed by atoms with Crippen LogP contribution in [0, 0.1) is 25.2 Å². The van der Waals surface area contributed by atoms with Crippen molar-refractivity contribution in [3.8, 4) is 11.4 Å². The Hall–Kier alpha value is -3.59. The first-order valence-corrected chi connectivity index (χ1v) is 11.6. The van der Waals surface area contributed by atoms with Crippen LogP contribution in [-0.2, 0) is 0 Å². The fourth-order valence-corrected chi connectivity index (χ4v) is 5.32. The first kappa shape index (κ1) is 22.2. The maximum absolute atomic E-state index is 13.6. The average Bonchev–Trinajstić information content (AvgIpc) is 3.56. The Kier molecular flexibility index (Phi) is 6.10. The highest BCUT2D eigenvalue weighted by Crippen LogP contribution is 2.34. The molecule has 1 aromatic heterocycles. The number of nitrogens with two attached hydrogens (primary N) is 1. The number of H-pyrrole nitrogens is 1. The number of tetrazole rings is 1. The fourth-order valence-electron chi connectivity index (χ4n) is 5.32. The number of primary amides is 1. The molecule has 2 atom stereocenters. The number of carbonyl (C=O) groups is 2. The van der Waals surface area contributed by atoms with Crippen molar-refractivity contribution >= 4 is 11.8 Å². The molecule has 0 saturated carbocycles. The van der Waals surface area contributed by atoms with Crippen molar-refractivity contribution in [3.63, 3.8) is 0 Å². The predicted octanol–water partition coefficient (Wildman–Crippen LogP) is 1.92. The zero-order valence-corrected chi connectivity index (χ0v) is 19.1. The van der Waals surface area contributed by atoms with E-state index in [0.29, 0.717) is 47.4 Å². The van der Waals surface area contributed by atoms with Gasteiger partial charge in [-0.3, -0.25) is 9.59 Å². The summed E-state index contributed by atoms with van der Waals surface area (Å²) in [6, 6.07) is 13.7. The molecule has 9 nitrogen and oxygen atoms in total. The Morgan fingerprint density at radius 3 is 2.47 bits per heavy atom. The van der Waals surface area contributed by atoms with Gasteiger partial charge in [0.05, 0.1) is 11.1 Å². The third-order valence-electron chi connectivity index (χ3n) is 7.02. The third kappa shape index (κ3) is 4.31. The van der Waals surface area contributed by atoms with Gasteiger partial charge < -0.3 is 15.5 Å². The van der Waals surface area contributed by atoms with E-state index in [9.17, 15) is 9.59 Å². The van der Waals surface area contributed by atoms with Crippen LogP contribution in [-0.4, -0.2) is 75.0 Å². The van der Waals surface area contributed by atoms with Crippen LogP contribution in [0.1, 0.15) is 38.3 Å². The lowest BCUT2D eigenvalue weighted by atomic mass is 9.95. The van der Waals surface area contributed by atoms with E-state index in [-0.39, 0.29) is 11.5 Å². The minimum Gasteiger partial charge on any atom is -0.366 e. The lowest BCUT2D eigenvalue weighted by Crippen LogP contribution is -2.35. The molecule has 3 aromatic rings. The molecule has 2 fully saturated rings. The summed E-state index contributed by atoms with van der Waals surface area (Å²) >= 11 is 0. The second kappa shape index (κ2) is 9.34. The standard InChI is InChI=1S/C25H28N7O2/c1-16-20(24-27-29-30-28-24)9-10-21(23(26)33)22(16)25(34)32-14-18-12-31(13-19(18)15-32)11-5-8-17-6-3-2-4-7-17/h2-4,6-10,18-19H,5,11-15H2,1H3,(H2,26,33)(H,27,28,29,30)/t18-,19?/m0/s1. The lowest BCUT2D eigenvalue weighted by Gasteiger charge is -2.23. The van der Waals surface area contributed by atoms with E-state index < -0.39 is 5.91 Å². The first-order chi connectivity index (χ1) is 16.5. The Bertz CT molecular complexity index is 1170. The number of carbonyl (C=O) groups excluding carboxylic acids is 2. The van der Waals surface area contributed by atoms with Gasteiger partial charge in [-0.05, 0) is 65.8 Å². The van der Waals surface area contributed by atoms with Crippen LogP contribution in [0.15, 0.2) is 42.5 Å². The second-order valence-corrected chi connectivity index (χ2v) is 9.17. The van der Waals surface area contributed by atoms with Crippen LogP contribution >= 0.6 is 0 Å². The number of aromatic nitrogens is 4. The van der Waals surface area contributed by atoms with Crippen LogP contribution in [0.3, 0.4) is 0 Å². The number of benzene rings is 2. The van der Waals surface area contributed by atoms with Gasteiger partial charge in [0.25, 0.3) is 5.91 Å². The van der Waals surface area contributed by atoms with Gasteiger partial charge >= 0.3 is 0 Å². The maximum Gasteiger partial charge on any atom is 0.254 e. The number of nitrogens with zero attached hydrogens (tertiary/aromatic N) is 5. The molecule has 5 rings (SSSR count). The van der Waals surface area contributed by atoms with Gasteiger partial charge in [0.1, 0.15) is 0 Å². The fraction of sp³-hybridized carbons (Fsp3) is 0.360. The first-order valence-electron chi connectivity index (χ1n) is 11.6. The van der Waals surface area contributed by atoms with Crippen LogP contribution in [0.2, 0.25) is 0 Å². The van der Waals surface area contributed by atoms with Crippen LogP contribution < -0.4 is 5.73 Å². The largest absolute Gasteiger partial charge is 0.366 e. The Morgan fingerprint density at radius 1 is 1.09 bits per heavy atom. The van der Waals surface area contributed by atoms with Crippen molar-refractivity contribution in [2.45, 2.75) is 13.3 Å². The number of amides is 2. The van der Waals surface area contributed by atoms with Crippen LogP contribution in [0.4, 0.5) is 0 Å². The number of rotatable bonds is 7. The molecule has 175 valence electrons. The van der Waals surface area contributed by atoms with E-state index in [1.807, 2.05) is 11.0 Å². The SMILES string of the molecule is Cc1c(-c2nnn[nH]2)ccc(C(N)=O)c1C(=O)N1CC2CN(CC[CH]c3ccccc3)C[C@H]2C1. The number of likely N-dealkylation sites (tertiary alicyclic amines) is 2. The molecule has 2 aliphatic heterocycles. The summed E-state index contributed by atoms with van der Waals surface area (Å²) in [4.78, 5) is 30.1. The molecular weight excluding hydrogens is 430 g/mol. The summed E-state index contributed by atoms with van der Waals surface area (Å²) in [5, 5.41) is 13.9. The van der Waals surface area contributed by atoms with Gasteiger partial charge in [-0.15, -0.1) is 5.10 Å². The van der Waals surface area contributed by atoms with Crippen molar-refractivity contribution in [2.24, 2.45) is 17.6 Å². The van der Waals surface area contributed by atoms with Gasteiger partial charge in [-0.1, -0.05) is 36.4 Å². The molecule has 3 N–H and O–H groups in total. The van der Waals surface area contributed by atoms with Crippen molar-refractivity contribution in [1.82, 2.24) is 30.4 Å². The number of fused-ring (bicyclic) bond motifs is 1. The van der Waals surface area contributed by atoms with Gasteiger partial charge in [0, 0.05) is 31.7 Å². The highest BCUT2D eigenvalue weighted by molar-refractivity contribution is 6.08. The molecule has 2 amide bonds. The molecule has 9 heteroatoms. The van der Waals surface area contributed by atoms with Crippen molar-refractivity contribution in [3.05, 3.63) is 71.1 Å². The number of hydrogen-bond donors (Lipinski definition) is 2. The minimum absolute atomic E-state index is 0.154. The average molecular weight is 459 g/mol. The smallest absolute Gasteiger partial charge is 0.254 e. The van der Waals surface area contributed by atoms with Gasteiger partial charge in [-0.25, -0.2) is 5.10 Å². The zero-order valence-electron chi connectivity index (χ0n) is 19.1. The Morgan fingerprint density at radius 2 is 1.82 bits per heavy atom. The summed E-state index contributed by atoms with van der Waals surface area (Å²) in [5.74, 6) is 0.566. The lowest BCUT2D eigenvalue weighted by molar-refractivity contribution is 0.0768. The highest BCUT2D eigenvalue weighted by atomic mass is 16.2. The second-order valence-electron chi connectivity index (χ2n) is 9.17. The normalized spacial score (nSPS) is 20.0. The monoisotopic (exact) mass is 458 g/mol. The third-order valence-corrected chi connectivity index (χ3v) is 7.02. The molecule has 1 radical (unpaired) electrons. The molecular formula is C25H28N7O2. The quantitative estimate of drug-likeness (QED) is 0.558. The van der Waals surface area contributed by atoms with Gasteiger partial charge in [-0.2, -0.15) is 0 Å². The number of nitrogens with one attached hydrogen (secondary N) is 1. The Balaban J connectivity index is 1.25. The molecule has 2 aliphatic rings. The molecule has 1 unspecified atom stereocenters. The molecule has 0 aliphatic carbocycles. The number of aromatic amines is 1. The maximum atomic E-state index is 13.6. The Labute approximate surface area is 198 Å². The van der Waals surface area contributed by atoms with Crippen LogP contribution in [0.25, 0.3) is 11.4 Å². The van der Waals surface area contributed by atoms with Gasteiger partial charge in [0.15, 0.2) is 5.82 Å². The van der Waals surface area contributed by atoms with E-state index >= 15 is 0 Å². The molecule has 0 bridgehead atoms. The molecule has 0 spiro atoms.